The maximum absolute atomic E-state index is 10.5. The molecule has 0 aliphatic carbocycles. The number of nitrogens with one attached hydrogen (secondary N) is 1. The van der Waals surface area contributed by atoms with Crippen molar-refractivity contribution < 1.29 is 9.66 Å². The second kappa shape index (κ2) is 11.3. The molecule has 1 heterocycles. The van der Waals surface area contributed by atoms with E-state index in [9.17, 15) is 10.1 Å². The Bertz CT molecular complexity index is 524. The number of hydrogen-bond acceptors (Lipinski definition) is 6. The van der Waals surface area contributed by atoms with Crippen LogP contribution in [0.3, 0.4) is 0 Å². The van der Waals surface area contributed by atoms with E-state index < -0.39 is 0 Å². The highest BCUT2D eigenvalue weighted by atomic mass is 32.2. The van der Waals surface area contributed by atoms with Crippen LogP contribution in [0.25, 0.3) is 0 Å². The Hall–Kier alpha value is -1.31. The fraction of sp³-hybridized carbons (Fsp3) is 0.667. The van der Waals surface area contributed by atoms with Gasteiger partial charge in [-0.15, -0.1) is 11.8 Å². The van der Waals surface area contributed by atoms with Crippen molar-refractivity contribution in [1.29, 1.82) is 0 Å². The normalized spacial score (nSPS) is 16.5. The van der Waals surface area contributed by atoms with Crippen molar-refractivity contribution in [3.63, 3.8) is 0 Å². The molecule has 1 aliphatic rings. The zero-order chi connectivity index (χ0) is 17.9. The first-order valence-corrected chi connectivity index (χ1v) is 10.3. The van der Waals surface area contributed by atoms with Gasteiger partial charge in [-0.25, -0.2) is 0 Å². The average Bonchev–Trinajstić information content (AvgIpc) is 2.61. The Morgan fingerprint density at radius 1 is 1.36 bits per heavy atom. The van der Waals surface area contributed by atoms with E-state index in [0.717, 1.165) is 18.7 Å². The lowest BCUT2D eigenvalue weighted by Crippen LogP contribution is -2.33. The molecule has 0 bridgehead atoms. The van der Waals surface area contributed by atoms with E-state index in [1.165, 1.54) is 49.7 Å². The number of hydrogen-bond donors (Lipinski definition) is 1. The van der Waals surface area contributed by atoms with Crippen molar-refractivity contribution in [1.82, 2.24) is 10.2 Å². The third-order valence-corrected chi connectivity index (χ3v) is 5.20. The van der Waals surface area contributed by atoms with E-state index in [-0.39, 0.29) is 16.8 Å². The molecule has 0 amide bonds. The smallest absolute Gasteiger partial charge is 0.228 e. The first-order chi connectivity index (χ1) is 12.2. The van der Waals surface area contributed by atoms with Gasteiger partial charge in [0, 0.05) is 11.5 Å². The van der Waals surface area contributed by atoms with E-state index in [4.69, 9.17) is 4.74 Å². The average molecular weight is 368 g/mol. The summed E-state index contributed by atoms with van der Waals surface area (Å²) in [5, 5.41) is 13.6. The largest absolute Gasteiger partial charge is 0.494 e. The number of thioether (sulfide) groups is 1. The van der Waals surface area contributed by atoms with Crippen LogP contribution in [0.4, 0.5) is 0 Å². The molecule has 1 fully saturated rings. The molecule has 1 unspecified atom stereocenters. The molecule has 0 radical (unpaired) electrons. The predicted molar refractivity (Wildman–Crippen MR) is 103 cm³/mol. The van der Waals surface area contributed by atoms with Gasteiger partial charge in [0.05, 0.1) is 6.61 Å². The number of benzene rings is 1. The van der Waals surface area contributed by atoms with Crippen LogP contribution in [0, 0.1) is 10.1 Å². The van der Waals surface area contributed by atoms with Crippen LogP contribution in [0.2, 0.25) is 0 Å². The Labute approximate surface area is 154 Å². The highest BCUT2D eigenvalue weighted by molar-refractivity contribution is 7.99. The lowest BCUT2D eigenvalue weighted by atomic mass is 10.1. The van der Waals surface area contributed by atoms with Crippen LogP contribution in [-0.2, 0) is 6.54 Å². The molecule has 1 aliphatic heterocycles. The monoisotopic (exact) mass is 367 g/mol. The molecule has 1 aromatic carbocycles. The lowest BCUT2D eigenvalue weighted by molar-refractivity contribution is -0.479. The molecular weight excluding hydrogens is 338 g/mol. The fourth-order valence-corrected chi connectivity index (χ4v) is 3.55. The standard InChI is InChI=1S/C18H29N3O3S/c1-25-18(15-21(22)23)19-9-6-12-24-17-8-5-7-16(13-17)14-20-10-3-2-4-11-20/h5,7-8,13,18-19H,2-4,6,9-12,14-15H2,1H3. The van der Waals surface area contributed by atoms with E-state index in [1.807, 2.05) is 18.4 Å². The number of nitrogens with zero attached hydrogens (tertiary/aromatic N) is 2. The summed E-state index contributed by atoms with van der Waals surface area (Å²) in [5.41, 5.74) is 1.30. The number of ether oxygens (including phenoxy) is 1. The fourth-order valence-electron chi connectivity index (χ4n) is 2.99. The Morgan fingerprint density at radius 3 is 2.88 bits per heavy atom. The van der Waals surface area contributed by atoms with Crippen LogP contribution in [0.1, 0.15) is 31.2 Å². The summed E-state index contributed by atoms with van der Waals surface area (Å²) < 4.78 is 5.83. The summed E-state index contributed by atoms with van der Waals surface area (Å²) in [6.45, 7) is 4.65. The second-order valence-electron chi connectivity index (χ2n) is 6.38. The Kier molecular flexibility index (Phi) is 9.07. The van der Waals surface area contributed by atoms with E-state index in [1.54, 1.807) is 0 Å². The summed E-state index contributed by atoms with van der Waals surface area (Å²) >= 11 is 1.47. The topological polar surface area (TPSA) is 67.6 Å². The molecular formula is C18H29N3O3S. The van der Waals surface area contributed by atoms with Crippen LogP contribution in [-0.4, -0.2) is 54.2 Å². The molecule has 1 atom stereocenters. The first-order valence-electron chi connectivity index (χ1n) is 8.99. The molecule has 6 nitrogen and oxygen atoms in total. The Balaban J connectivity index is 1.66. The van der Waals surface area contributed by atoms with Crippen molar-refractivity contribution in [2.75, 3.05) is 39.0 Å². The summed E-state index contributed by atoms with van der Waals surface area (Å²) in [6, 6.07) is 8.32. The minimum atomic E-state index is -0.279. The third-order valence-electron chi connectivity index (χ3n) is 4.31. The molecule has 25 heavy (non-hydrogen) atoms. The number of piperidine rings is 1. The van der Waals surface area contributed by atoms with Gasteiger partial charge in [0.15, 0.2) is 0 Å². The quantitative estimate of drug-likeness (QED) is 0.281. The van der Waals surface area contributed by atoms with Gasteiger partial charge in [0.25, 0.3) is 0 Å². The van der Waals surface area contributed by atoms with Gasteiger partial charge in [-0.2, -0.15) is 0 Å². The van der Waals surface area contributed by atoms with Crippen molar-refractivity contribution in [2.24, 2.45) is 0 Å². The maximum atomic E-state index is 10.5. The van der Waals surface area contributed by atoms with Crippen LogP contribution in [0.15, 0.2) is 24.3 Å². The highest BCUT2D eigenvalue weighted by Gasteiger charge is 2.12. The van der Waals surface area contributed by atoms with Crippen LogP contribution in [0.5, 0.6) is 5.75 Å². The van der Waals surface area contributed by atoms with Crippen molar-refractivity contribution >= 4 is 11.8 Å². The molecule has 0 saturated carbocycles. The molecule has 1 aromatic rings. The molecule has 0 spiro atoms. The van der Waals surface area contributed by atoms with Crippen LogP contribution >= 0.6 is 11.8 Å². The summed E-state index contributed by atoms with van der Waals surface area (Å²) in [4.78, 5) is 12.8. The minimum Gasteiger partial charge on any atom is -0.494 e. The summed E-state index contributed by atoms with van der Waals surface area (Å²) in [6.07, 6.45) is 6.66. The number of rotatable bonds is 11. The molecule has 7 heteroatoms. The zero-order valence-electron chi connectivity index (χ0n) is 15.0. The van der Waals surface area contributed by atoms with E-state index >= 15 is 0 Å². The molecule has 1 N–H and O–H groups in total. The maximum Gasteiger partial charge on any atom is 0.228 e. The Morgan fingerprint density at radius 2 is 2.16 bits per heavy atom. The molecule has 2 rings (SSSR count). The minimum absolute atomic E-state index is 0.0550. The number of nitro groups is 1. The first kappa shape index (κ1) is 20.0. The molecule has 0 aromatic heterocycles. The van der Waals surface area contributed by atoms with Crippen LogP contribution < -0.4 is 10.1 Å². The second-order valence-corrected chi connectivity index (χ2v) is 7.42. The van der Waals surface area contributed by atoms with E-state index in [2.05, 4.69) is 22.3 Å². The van der Waals surface area contributed by atoms with E-state index in [0.29, 0.717) is 13.2 Å². The highest BCUT2D eigenvalue weighted by Crippen LogP contribution is 2.17. The van der Waals surface area contributed by atoms with Gasteiger partial charge in [-0.3, -0.25) is 20.3 Å². The van der Waals surface area contributed by atoms with Gasteiger partial charge in [0.2, 0.25) is 6.54 Å². The number of likely N-dealkylation sites (tertiary alicyclic amines) is 1. The van der Waals surface area contributed by atoms with Crippen molar-refractivity contribution in [2.45, 2.75) is 37.6 Å². The third kappa shape index (κ3) is 8.07. The lowest BCUT2D eigenvalue weighted by Gasteiger charge is -2.26. The molecule has 1 saturated heterocycles. The van der Waals surface area contributed by atoms with Gasteiger partial charge in [-0.1, -0.05) is 18.6 Å². The SMILES string of the molecule is CSC(C[N+](=O)[O-])NCCCOc1cccc(CN2CCCCC2)c1. The zero-order valence-corrected chi connectivity index (χ0v) is 15.8. The summed E-state index contributed by atoms with van der Waals surface area (Å²) in [5.74, 6) is 0.904. The van der Waals surface area contributed by atoms with Gasteiger partial charge >= 0.3 is 0 Å². The van der Waals surface area contributed by atoms with Gasteiger partial charge in [-0.05, 0) is 62.8 Å². The van der Waals surface area contributed by atoms with Gasteiger partial charge in [0.1, 0.15) is 11.1 Å². The van der Waals surface area contributed by atoms with Gasteiger partial charge < -0.3 is 4.74 Å². The summed E-state index contributed by atoms with van der Waals surface area (Å²) in [7, 11) is 0. The molecule has 140 valence electrons. The van der Waals surface area contributed by atoms with Crippen molar-refractivity contribution in [3.8, 4) is 5.75 Å². The van der Waals surface area contributed by atoms with Crippen molar-refractivity contribution in [3.05, 3.63) is 39.9 Å². The predicted octanol–water partition coefficient (Wildman–Crippen LogP) is 3.00.